The fraction of sp³-hybridized carbons (Fsp3) is 0.455. The van der Waals surface area contributed by atoms with Crippen molar-refractivity contribution in [2.24, 2.45) is 0 Å². The number of hydrogen-bond acceptors (Lipinski definition) is 5. The molecule has 1 unspecified atom stereocenters. The molecule has 0 spiro atoms. The topological polar surface area (TPSA) is 83.3 Å². The Hall–Kier alpha value is -1.98. The van der Waals surface area contributed by atoms with Crippen LogP contribution < -0.4 is 21.3 Å². The Bertz CT molecular complexity index is 409. The van der Waals surface area contributed by atoms with E-state index in [1.165, 1.54) is 0 Å². The monoisotopic (exact) mass is 235 g/mol. The van der Waals surface area contributed by atoms with Crippen LogP contribution in [0.25, 0.3) is 0 Å². The maximum absolute atomic E-state index is 10.5. The van der Waals surface area contributed by atoms with Gasteiger partial charge in [0.15, 0.2) is 5.82 Å². The largest absolute Gasteiger partial charge is 0.396 e. The normalized spacial score (nSPS) is 19.1. The lowest BCUT2D eigenvalue weighted by molar-refractivity contribution is -0.110. The summed E-state index contributed by atoms with van der Waals surface area (Å²) >= 11 is 0. The standard InChI is InChI=1S/C11H17N5O/c1-13-11-8(12)4-5-10(15-11)16-6-2-3-9(16)14-7-17/h4-5,7,9H,2-3,6,12H2,1H3,(H,13,15)(H,14,17). The second kappa shape index (κ2) is 4.90. The number of rotatable bonds is 4. The van der Waals surface area contributed by atoms with Crippen LogP contribution >= 0.6 is 0 Å². The number of pyridine rings is 1. The summed E-state index contributed by atoms with van der Waals surface area (Å²) in [5, 5.41) is 5.75. The predicted octanol–water partition coefficient (Wildman–Crippen LogP) is 0.378. The Morgan fingerprint density at radius 2 is 2.41 bits per heavy atom. The van der Waals surface area contributed by atoms with E-state index in [4.69, 9.17) is 5.73 Å². The van der Waals surface area contributed by atoms with Crippen LogP contribution in [0.15, 0.2) is 12.1 Å². The van der Waals surface area contributed by atoms with Crippen molar-refractivity contribution in [2.45, 2.75) is 19.0 Å². The number of nitrogen functional groups attached to an aromatic ring is 1. The van der Waals surface area contributed by atoms with Crippen LogP contribution in [0.2, 0.25) is 0 Å². The van der Waals surface area contributed by atoms with Gasteiger partial charge in [0.05, 0.1) is 5.69 Å². The molecule has 1 atom stereocenters. The lowest BCUT2D eigenvalue weighted by atomic mass is 10.3. The SMILES string of the molecule is CNc1nc(N2CCCC2NC=O)ccc1N. The molecule has 0 radical (unpaired) electrons. The van der Waals surface area contributed by atoms with Crippen molar-refractivity contribution in [3.63, 3.8) is 0 Å². The summed E-state index contributed by atoms with van der Waals surface area (Å²) in [7, 11) is 1.79. The van der Waals surface area contributed by atoms with Crippen LogP contribution in [0.3, 0.4) is 0 Å². The zero-order chi connectivity index (χ0) is 12.3. The van der Waals surface area contributed by atoms with Gasteiger partial charge < -0.3 is 21.3 Å². The third-order valence-electron chi connectivity index (χ3n) is 2.96. The number of nitrogens with one attached hydrogen (secondary N) is 2. The smallest absolute Gasteiger partial charge is 0.208 e. The molecule has 1 aliphatic rings. The fourth-order valence-corrected chi connectivity index (χ4v) is 2.11. The van der Waals surface area contributed by atoms with Gasteiger partial charge in [-0.05, 0) is 25.0 Å². The average molecular weight is 235 g/mol. The Morgan fingerprint density at radius 1 is 1.59 bits per heavy atom. The Balaban J connectivity index is 2.23. The number of nitrogens with two attached hydrogens (primary N) is 1. The molecule has 1 aromatic heterocycles. The van der Waals surface area contributed by atoms with E-state index in [1.54, 1.807) is 7.05 Å². The van der Waals surface area contributed by atoms with Crippen molar-refractivity contribution in [2.75, 3.05) is 29.5 Å². The van der Waals surface area contributed by atoms with E-state index >= 15 is 0 Å². The molecule has 17 heavy (non-hydrogen) atoms. The molecule has 1 saturated heterocycles. The maximum atomic E-state index is 10.5. The van der Waals surface area contributed by atoms with Crippen LogP contribution in [0.5, 0.6) is 0 Å². The van der Waals surface area contributed by atoms with Crippen molar-refractivity contribution >= 4 is 23.7 Å². The second-order valence-electron chi connectivity index (χ2n) is 3.99. The molecule has 1 aromatic rings. The van der Waals surface area contributed by atoms with Gasteiger partial charge in [-0.2, -0.15) is 0 Å². The van der Waals surface area contributed by atoms with Gasteiger partial charge in [0.1, 0.15) is 12.0 Å². The summed E-state index contributed by atoms with van der Waals surface area (Å²) in [4.78, 5) is 17.0. The van der Waals surface area contributed by atoms with Gasteiger partial charge in [-0.1, -0.05) is 0 Å². The molecule has 4 N–H and O–H groups in total. The van der Waals surface area contributed by atoms with E-state index in [2.05, 4.69) is 20.5 Å². The number of aromatic nitrogens is 1. The van der Waals surface area contributed by atoms with Gasteiger partial charge in [-0.3, -0.25) is 4.79 Å². The van der Waals surface area contributed by atoms with Crippen LogP contribution in [-0.4, -0.2) is 31.2 Å². The van der Waals surface area contributed by atoms with Gasteiger partial charge in [0.25, 0.3) is 0 Å². The molecule has 1 aliphatic heterocycles. The minimum atomic E-state index is 0.0355. The quantitative estimate of drug-likeness (QED) is 0.657. The third-order valence-corrected chi connectivity index (χ3v) is 2.96. The molecule has 2 heterocycles. The molecule has 6 heteroatoms. The molecule has 0 aliphatic carbocycles. The van der Waals surface area contributed by atoms with Gasteiger partial charge in [-0.15, -0.1) is 0 Å². The van der Waals surface area contributed by atoms with E-state index < -0.39 is 0 Å². The highest BCUT2D eigenvalue weighted by Gasteiger charge is 2.25. The molecule has 1 amide bonds. The van der Waals surface area contributed by atoms with E-state index in [1.807, 2.05) is 12.1 Å². The zero-order valence-corrected chi connectivity index (χ0v) is 9.81. The molecule has 0 bridgehead atoms. The van der Waals surface area contributed by atoms with Gasteiger partial charge in [0.2, 0.25) is 6.41 Å². The molecular weight excluding hydrogens is 218 g/mol. The van der Waals surface area contributed by atoms with Crippen molar-refractivity contribution in [1.82, 2.24) is 10.3 Å². The van der Waals surface area contributed by atoms with Crippen molar-refractivity contribution in [3.8, 4) is 0 Å². The van der Waals surface area contributed by atoms with Crippen LogP contribution in [0, 0.1) is 0 Å². The summed E-state index contributed by atoms with van der Waals surface area (Å²) in [5.74, 6) is 1.50. The summed E-state index contributed by atoms with van der Waals surface area (Å²) in [6, 6.07) is 3.70. The van der Waals surface area contributed by atoms with Crippen molar-refractivity contribution in [3.05, 3.63) is 12.1 Å². The lowest BCUT2D eigenvalue weighted by Crippen LogP contribution is -2.41. The van der Waals surface area contributed by atoms with Gasteiger partial charge in [0, 0.05) is 13.6 Å². The van der Waals surface area contributed by atoms with E-state index in [9.17, 15) is 4.79 Å². The first-order valence-electron chi connectivity index (χ1n) is 5.67. The number of carbonyl (C=O) groups excluding carboxylic acids is 1. The number of amides is 1. The fourth-order valence-electron chi connectivity index (χ4n) is 2.11. The Morgan fingerprint density at radius 3 is 3.12 bits per heavy atom. The van der Waals surface area contributed by atoms with E-state index in [0.717, 1.165) is 31.6 Å². The van der Waals surface area contributed by atoms with E-state index in [0.29, 0.717) is 11.5 Å². The Labute approximate surface area is 100 Å². The summed E-state index contributed by atoms with van der Waals surface area (Å²) in [5.41, 5.74) is 6.40. The summed E-state index contributed by atoms with van der Waals surface area (Å²) in [6.45, 7) is 0.894. The highest BCUT2D eigenvalue weighted by Crippen LogP contribution is 2.25. The highest BCUT2D eigenvalue weighted by molar-refractivity contribution is 5.65. The zero-order valence-electron chi connectivity index (χ0n) is 9.81. The molecule has 6 nitrogen and oxygen atoms in total. The third kappa shape index (κ3) is 2.25. The van der Waals surface area contributed by atoms with Crippen LogP contribution in [0.1, 0.15) is 12.8 Å². The predicted molar refractivity (Wildman–Crippen MR) is 67.8 cm³/mol. The first kappa shape index (κ1) is 11.5. The van der Waals surface area contributed by atoms with E-state index in [-0.39, 0.29) is 6.17 Å². The maximum Gasteiger partial charge on any atom is 0.208 e. The lowest BCUT2D eigenvalue weighted by Gasteiger charge is -2.25. The molecule has 2 rings (SSSR count). The highest BCUT2D eigenvalue weighted by atomic mass is 16.1. The van der Waals surface area contributed by atoms with Gasteiger partial charge in [-0.25, -0.2) is 4.98 Å². The number of carbonyl (C=O) groups is 1. The number of anilines is 3. The molecule has 1 fully saturated rings. The first-order chi connectivity index (χ1) is 8.26. The van der Waals surface area contributed by atoms with Crippen LogP contribution in [0.4, 0.5) is 17.3 Å². The first-order valence-corrected chi connectivity index (χ1v) is 5.67. The minimum Gasteiger partial charge on any atom is -0.396 e. The summed E-state index contributed by atoms with van der Waals surface area (Å²) < 4.78 is 0. The minimum absolute atomic E-state index is 0.0355. The van der Waals surface area contributed by atoms with Crippen molar-refractivity contribution < 1.29 is 4.79 Å². The molecule has 92 valence electrons. The van der Waals surface area contributed by atoms with Crippen molar-refractivity contribution in [1.29, 1.82) is 0 Å². The second-order valence-corrected chi connectivity index (χ2v) is 3.99. The molecular formula is C11H17N5O. The molecule has 0 saturated carbocycles. The summed E-state index contributed by atoms with van der Waals surface area (Å²) in [6.07, 6.45) is 2.76. The van der Waals surface area contributed by atoms with Crippen LogP contribution in [-0.2, 0) is 4.79 Å². The average Bonchev–Trinajstić information content (AvgIpc) is 2.78. The number of hydrogen-bond donors (Lipinski definition) is 3. The van der Waals surface area contributed by atoms with Gasteiger partial charge >= 0.3 is 0 Å². The molecule has 0 aromatic carbocycles. The number of nitrogens with zero attached hydrogens (tertiary/aromatic N) is 2. The Kier molecular flexibility index (Phi) is 3.32.